The van der Waals surface area contributed by atoms with E-state index < -0.39 is 0 Å². The number of nitriles is 1. The number of hydrogen-bond acceptors (Lipinski definition) is 4. The Labute approximate surface area is 181 Å². The minimum atomic E-state index is -0.238. The standard InChI is InChI=1S/C25H24N2O2S/c1-25(2)13-21-24(22(28)14-25)19(16-8-10-18(30-3)11-9-16)12-23(29)27(21)20-7-5-4-6-17(20)15-26/h4-11,19H,12-14H2,1-3H3. The lowest BCUT2D eigenvalue weighted by molar-refractivity contribution is -0.121. The summed E-state index contributed by atoms with van der Waals surface area (Å²) < 4.78 is 0. The van der Waals surface area contributed by atoms with Crippen molar-refractivity contribution >= 4 is 29.1 Å². The van der Waals surface area contributed by atoms with Crippen LogP contribution in [0.1, 0.15) is 50.2 Å². The summed E-state index contributed by atoms with van der Waals surface area (Å²) in [5.74, 6) is -0.203. The summed E-state index contributed by atoms with van der Waals surface area (Å²) in [6, 6.07) is 17.5. The first kappa shape index (κ1) is 20.4. The number of amides is 1. The fraction of sp³-hybridized carbons (Fsp3) is 0.320. The zero-order valence-electron chi connectivity index (χ0n) is 17.4. The van der Waals surface area contributed by atoms with Crippen LogP contribution in [0.5, 0.6) is 0 Å². The molecule has 4 nitrogen and oxygen atoms in total. The topological polar surface area (TPSA) is 61.2 Å². The zero-order valence-corrected chi connectivity index (χ0v) is 18.3. The minimum absolute atomic E-state index is 0.0686. The molecule has 1 amide bonds. The van der Waals surface area contributed by atoms with E-state index in [1.807, 2.05) is 36.6 Å². The number of allylic oxidation sites excluding steroid dienone is 2. The van der Waals surface area contributed by atoms with Crippen LogP contribution in [0.15, 0.2) is 64.7 Å². The Kier molecular flexibility index (Phi) is 5.29. The van der Waals surface area contributed by atoms with Crippen molar-refractivity contribution in [2.75, 3.05) is 11.2 Å². The Morgan fingerprint density at radius 3 is 2.43 bits per heavy atom. The van der Waals surface area contributed by atoms with Crippen LogP contribution < -0.4 is 4.90 Å². The van der Waals surface area contributed by atoms with E-state index in [1.165, 1.54) is 0 Å². The van der Waals surface area contributed by atoms with E-state index in [0.717, 1.165) is 21.7 Å². The van der Waals surface area contributed by atoms with Crippen molar-refractivity contribution in [2.24, 2.45) is 5.41 Å². The maximum absolute atomic E-state index is 13.4. The van der Waals surface area contributed by atoms with E-state index in [1.54, 1.807) is 34.9 Å². The molecule has 1 aliphatic heterocycles. The lowest BCUT2D eigenvalue weighted by Crippen LogP contribution is -2.44. The van der Waals surface area contributed by atoms with Crippen molar-refractivity contribution in [3.05, 3.63) is 70.9 Å². The predicted octanol–water partition coefficient (Wildman–Crippen LogP) is 5.44. The first-order chi connectivity index (χ1) is 14.3. The molecule has 0 saturated carbocycles. The van der Waals surface area contributed by atoms with Crippen LogP contribution in [-0.2, 0) is 9.59 Å². The van der Waals surface area contributed by atoms with Crippen molar-refractivity contribution in [1.82, 2.24) is 0 Å². The first-order valence-corrected chi connectivity index (χ1v) is 11.3. The van der Waals surface area contributed by atoms with Gasteiger partial charge in [-0.15, -0.1) is 11.8 Å². The second kappa shape index (κ2) is 7.77. The fourth-order valence-corrected chi connectivity index (χ4v) is 4.99. The van der Waals surface area contributed by atoms with Gasteiger partial charge in [0.1, 0.15) is 6.07 Å². The number of hydrogen-bond donors (Lipinski definition) is 0. The van der Waals surface area contributed by atoms with Gasteiger partial charge in [0.15, 0.2) is 5.78 Å². The third-order valence-electron chi connectivity index (χ3n) is 5.93. The Balaban J connectivity index is 1.90. The highest BCUT2D eigenvalue weighted by Gasteiger charge is 2.44. The van der Waals surface area contributed by atoms with Gasteiger partial charge < -0.3 is 0 Å². The van der Waals surface area contributed by atoms with Crippen LogP contribution in [0, 0.1) is 16.7 Å². The van der Waals surface area contributed by atoms with E-state index in [0.29, 0.717) is 24.1 Å². The normalized spacial score (nSPS) is 20.7. The number of nitrogens with zero attached hydrogens (tertiary/aromatic N) is 2. The number of thioether (sulfide) groups is 1. The smallest absolute Gasteiger partial charge is 0.232 e. The highest BCUT2D eigenvalue weighted by atomic mass is 32.2. The average Bonchev–Trinajstić information content (AvgIpc) is 2.72. The molecule has 2 aliphatic rings. The summed E-state index contributed by atoms with van der Waals surface area (Å²) in [7, 11) is 0. The van der Waals surface area contributed by atoms with E-state index >= 15 is 0 Å². The quantitative estimate of drug-likeness (QED) is 0.625. The number of carbonyl (C=O) groups excluding carboxylic acids is 2. The summed E-state index contributed by atoms with van der Waals surface area (Å²) >= 11 is 1.66. The second-order valence-electron chi connectivity index (χ2n) is 8.69. The molecule has 0 N–H and O–H groups in total. The monoisotopic (exact) mass is 416 g/mol. The largest absolute Gasteiger partial charge is 0.294 e. The van der Waals surface area contributed by atoms with Crippen molar-refractivity contribution in [2.45, 2.75) is 43.9 Å². The molecule has 2 aromatic carbocycles. The highest BCUT2D eigenvalue weighted by molar-refractivity contribution is 7.98. The molecule has 0 bridgehead atoms. The van der Waals surface area contributed by atoms with Crippen LogP contribution in [0.3, 0.4) is 0 Å². The van der Waals surface area contributed by atoms with Crippen LogP contribution >= 0.6 is 11.8 Å². The lowest BCUT2D eigenvalue weighted by atomic mass is 9.69. The van der Waals surface area contributed by atoms with Gasteiger partial charge in [0.05, 0.1) is 11.3 Å². The Morgan fingerprint density at radius 1 is 1.07 bits per heavy atom. The second-order valence-corrected chi connectivity index (χ2v) is 9.57. The van der Waals surface area contributed by atoms with Crippen LogP contribution in [-0.4, -0.2) is 17.9 Å². The van der Waals surface area contributed by atoms with Gasteiger partial charge in [0, 0.05) is 34.9 Å². The van der Waals surface area contributed by atoms with Crippen molar-refractivity contribution < 1.29 is 9.59 Å². The molecule has 2 aromatic rings. The maximum Gasteiger partial charge on any atom is 0.232 e. The third-order valence-corrected chi connectivity index (χ3v) is 6.67. The Morgan fingerprint density at radius 2 is 1.77 bits per heavy atom. The fourth-order valence-electron chi connectivity index (χ4n) is 4.58. The molecule has 1 atom stereocenters. The number of rotatable bonds is 3. The number of para-hydroxylation sites is 1. The molecule has 0 radical (unpaired) electrons. The van der Waals surface area contributed by atoms with Crippen molar-refractivity contribution in [3.8, 4) is 6.07 Å². The Bertz CT molecular complexity index is 1090. The molecule has 30 heavy (non-hydrogen) atoms. The average molecular weight is 417 g/mol. The number of benzene rings is 2. The summed E-state index contributed by atoms with van der Waals surface area (Å²) in [4.78, 5) is 29.5. The van der Waals surface area contributed by atoms with Gasteiger partial charge in [-0.3, -0.25) is 14.5 Å². The maximum atomic E-state index is 13.4. The molecule has 0 saturated heterocycles. The van der Waals surface area contributed by atoms with Crippen LogP contribution in [0.2, 0.25) is 0 Å². The minimum Gasteiger partial charge on any atom is -0.294 e. The van der Waals surface area contributed by atoms with Gasteiger partial charge in [-0.1, -0.05) is 38.1 Å². The molecule has 0 fully saturated rings. The molecular formula is C25H24N2O2S. The molecule has 1 aliphatic carbocycles. The molecule has 152 valence electrons. The van der Waals surface area contributed by atoms with Crippen molar-refractivity contribution in [1.29, 1.82) is 5.26 Å². The van der Waals surface area contributed by atoms with Crippen molar-refractivity contribution in [3.63, 3.8) is 0 Å². The van der Waals surface area contributed by atoms with Gasteiger partial charge in [0.2, 0.25) is 5.91 Å². The number of anilines is 1. The number of Topliss-reactive ketones (excluding diaryl/α,β-unsaturated/α-hetero) is 1. The lowest BCUT2D eigenvalue weighted by Gasteiger charge is -2.43. The summed E-state index contributed by atoms with van der Waals surface area (Å²) in [5, 5.41) is 9.59. The zero-order chi connectivity index (χ0) is 21.5. The number of ketones is 1. The highest BCUT2D eigenvalue weighted by Crippen LogP contribution is 2.48. The van der Waals surface area contributed by atoms with Gasteiger partial charge in [0.25, 0.3) is 0 Å². The molecule has 4 rings (SSSR count). The predicted molar refractivity (Wildman–Crippen MR) is 119 cm³/mol. The molecule has 1 unspecified atom stereocenters. The van der Waals surface area contributed by atoms with Crippen LogP contribution in [0.4, 0.5) is 5.69 Å². The van der Waals surface area contributed by atoms with E-state index in [9.17, 15) is 14.9 Å². The Hall–Kier alpha value is -2.84. The molecule has 0 aromatic heterocycles. The van der Waals surface area contributed by atoms with Gasteiger partial charge in [-0.05, 0) is 47.9 Å². The van der Waals surface area contributed by atoms with Gasteiger partial charge in [-0.2, -0.15) is 5.26 Å². The SMILES string of the molecule is CSc1ccc(C2CC(=O)N(c3ccccc3C#N)C3=C2C(=O)CC(C)(C)C3)cc1. The van der Waals surface area contributed by atoms with Gasteiger partial charge >= 0.3 is 0 Å². The van der Waals surface area contributed by atoms with E-state index in [-0.39, 0.29) is 29.4 Å². The number of carbonyl (C=O) groups is 2. The molecule has 1 heterocycles. The first-order valence-electron chi connectivity index (χ1n) is 10.1. The third kappa shape index (κ3) is 3.57. The van der Waals surface area contributed by atoms with E-state index in [4.69, 9.17) is 0 Å². The van der Waals surface area contributed by atoms with E-state index in [2.05, 4.69) is 19.9 Å². The molecule has 5 heteroatoms. The molecular weight excluding hydrogens is 392 g/mol. The summed E-state index contributed by atoms with van der Waals surface area (Å²) in [6.45, 7) is 4.12. The van der Waals surface area contributed by atoms with Crippen LogP contribution in [0.25, 0.3) is 0 Å². The summed E-state index contributed by atoms with van der Waals surface area (Å²) in [6.07, 6.45) is 3.34. The van der Waals surface area contributed by atoms with Gasteiger partial charge in [-0.25, -0.2) is 0 Å². The molecule has 0 spiro atoms. The summed E-state index contributed by atoms with van der Waals surface area (Å²) in [5.41, 5.74) is 3.26.